The Morgan fingerprint density at radius 1 is 1.00 bits per heavy atom. The lowest BCUT2D eigenvalue weighted by Gasteiger charge is -2.37. The number of rotatable bonds is 7. The number of halogens is 1. The standard InChI is InChI=1S/C28H28FN5O3/c1-32(19-20-13-18-37-31-20)28(35)22-11-12-24(21-7-3-6-10-26(21)36-2)30-27(22)34-16-14-33(15-17-34)25-9-5-4-8-23(25)29/h3-13,18H,14-17,19H2,1-2H3. The van der Waals surface area contributed by atoms with Crippen LogP contribution in [-0.2, 0) is 6.54 Å². The molecule has 0 saturated carbocycles. The molecule has 1 aliphatic rings. The van der Waals surface area contributed by atoms with Gasteiger partial charge in [0, 0.05) is 44.9 Å². The average molecular weight is 502 g/mol. The molecule has 1 saturated heterocycles. The van der Waals surface area contributed by atoms with Crippen molar-refractivity contribution in [2.75, 3.05) is 50.1 Å². The number of amides is 1. The largest absolute Gasteiger partial charge is 0.496 e. The second-order valence-electron chi connectivity index (χ2n) is 8.85. The fourth-order valence-corrected chi connectivity index (χ4v) is 4.57. The minimum atomic E-state index is -0.238. The Kier molecular flexibility index (Phi) is 7.02. The van der Waals surface area contributed by atoms with Gasteiger partial charge in [-0.25, -0.2) is 9.37 Å². The number of benzene rings is 2. The van der Waals surface area contributed by atoms with E-state index in [4.69, 9.17) is 14.2 Å². The summed E-state index contributed by atoms with van der Waals surface area (Å²) in [5, 5.41) is 3.92. The molecule has 0 bridgehead atoms. The van der Waals surface area contributed by atoms with Crippen molar-refractivity contribution in [1.29, 1.82) is 0 Å². The molecule has 8 nitrogen and oxygen atoms in total. The topological polar surface area (TPSA) is 74.9 Å². The molecule has 9 heteroatoms. The van der Waals surface area contributed by atoms with Crippen LogP contribution in [-0.4, -0.2) is 61.3 Å². The molecule has 37 heavy (non-hydrogen) atoms. The van der Waals surface area contributed by atoms with Crippen molar-refractivity contribution < 1.29 is 18.4 Å². The number of para-hydroxylation sites is 2. The zero-order chi connectivity index (χ0) is 25.8. The predicted octanol–water partition coefficient (Wildman–Crippen LogP) is 4.48. The maximum atomic E-state index is 14.4. The molecule has 3 heterocycles. The molecule has 0 radical (unpaired) electrons. The normalized spacial score (nSPS) is 13.5. The van der Waals surface area contributed by atoms with E-state index in [-0.39, 0.29) is 11.7 Å². The molecule has 4 aromatic rings. The third kappa shape index (κ3) is 5.11. The van der Waals surface area contributed by atoms with Crippen molar-refractivity contribution in [3.05, 3.63) is 90.1 Å². The zero-order valence-electron chi connectivity index (χ0n) is 20.8. The molecule has 0 unspecified atom stereocenters. The first-order chi connectivity index (χ1) is 18.0. The second kappa shape index (κ2) is 10.7. The van der Waals surface area contributed by atoms with Crippen molar-refractivity contribution in [2.45, 2.75) is 6.54 Å². The lowest BCUT2D eigenvalue weighted by molar-refractivity contribution is 0.0782. The Hall–Kier alpha value is -4.40. The van der Waals surface area contributed by atoms with Crippen molar-refractivity contribution >= 4 is 17.4 Å². The summed E-state index contributed by atoms with van der Waals surface area (Å²) in [5.74, 6) is 0.882. The second-order valence-corrected chi connectivity index (χ2v) is 8.85. The number of anilines is 2. The molecule has 0 spiro atoms. The van der Waals surface area contributed by atoms with Crippen LogP contribution in [0.25, 0.3) is 11.3 Å². The van der Waals surface area contributed by atoms with Crippen LogP contribution in [0, 0.1) is 5.82 Å². The van der Waals surface area contributed by atoms with E-state index in [1.54, 1.807) is 37.3 Å². The molecule has 2 aromatic heterocycles. The van der Waals surface area contributed by atoms with Crippen molar-refractivity contribution in [3.8, 4) is 17.0 Å². The summed E-state index contributed by atoms with van der Waals surface area (Å²) >= 11 is 0. The number of aromatic nitrogens is 2. The van der Waals surface area contributed by atoms with E-state index in [1.807, 2.05) is 47.4 Å². The van der Waals surface area contributed by atoms with Crippen molar-refractivity contribution in [1.82, 2.24) is 15.0 Å². The monoisotopic (exact) mass is 501 g/mol. The van der Waals surface area contributed by atoms with E-state index in [9.17, 15) is 9.18 Å². The van der Waals surface area contributed by atoms with Crippen LogP contribution in [0.1, 0.15) is 16.1 Å². The third-order valence-electron chi connectivity index (χ3n) is 6.50. The SMILES string of the molecule is COc1ccccc1-c1ccc(C(=O)N(C)Cc2ccon2)c(N2CCN(c3ccccc3F)CC2)n1. The maximum Gasteiger partial charge on any atom is 0.257 e. The summed E-state index contributed by atoms with van der Waals surface area (Å²) in [6.45, 7) is 2.69. The van der Waals surface area contributed by atoms with E-state index in [1.165, 1.54) is 12.3 Å². The predicted molar refractivity (Wildman–Crippen MR) is 139 cm³/mol. The lowest BCUT2D eigenvalue weighted by atomic mass is 10.1. The number of hydrogen-bond acceptors (Lipinski definition) is 7. The van der Waals surface area contributed by atoms with Gasteiger partial charge >= 0.3 is 0 Å². The van der Waals surface area contributed by atoms with Crippen LogP contribution in [0.2, 0.25) is 0 Å². The molecular formula is C28H28FN5O3. The van der Waals surface area contributed by atoms with Gasteiger partial charge in [-0.2, -0.15) is 0 Å². The quantitative estimate of drug-likeness (QED) is 0.370. The lowest BCUT2D eigenvalue weighted by Crippen LogP contribution is -2.47. The van der Waals surface area contributed by atoms with E-state index < -0.39 is 0 Å². The molecular weight excluding hydrogens is 473 g/mol. The molecule has 0 N–H and O–H groups in total. The number of hydrogen-bond donors (Lipinski definition) is 0. The van der Waals surface area contributed by atoms with Gasteiger partial charge in [0.1, 0.15) is 29.3 Å². The maximum absolute atomic E-state index is 14.4. The summed E-state index contributed by atoms with van der Waals surface area (Å²) in [7, 11) is 3.35. The van der Waals surface area contributed by atoms with Crippen LogP contribution in [0.15, 0.2) is 77.5 Å². The zero-order valence-corrected chi connectivity index (χ0v) is 20.8. The summed E-state index contributed by atoms with van der Waals surface area (Å²) < 4.78 is 24.8. The highest BCUT2D eigenvalue weighted by Gasteiger charge is 2.26. The molecule has 1 aliphatic heterocycles. The summed E-state index contributed by atoms with van der Waals surface area (Å²) in [6.07, 6.45) is 1.48. The van der Waals surface area contributed by atoms with Crippen LogP contribution < -0.4 is 14.5 Å². The first-order valence-corrected chi connectivity index (χ1v) is 12.1. The number of carbonyl (C=O) groups excluding carboxylic acids is 1. The first-order valence-electron chi connectivity index (χ1n) is 12.1. The summed E-state index contributed by atoms with van der Waals surface area (Å²) in [6, 6.07) is 19.8. The Morgan fingerprint density at radius 2 is 1.73 bits per heavy atom. The van der Waals surface area contributed by atoms with E-state index in [0.717, 1.165) is 5.56 Å². The molecule has 2 aromatic carbocycles. The highest BCUT2D eigenvalue weighted by atomic mass is 19.1. The molecule has 1 fully saturated rings. The molecule has 190 valence electrons. The van der Waals surface area contributed by atoms with Gasteiger partial charge in [0.2, 0.25) is 0 Å². The fourth-order valence-electron chi connectivity index (χ4n) is 4.57. The number of piperazine rings is 1. The van der Waals surface area contributed by atoms with Gasteiger partial charge < -0.3 is 24.0 Å². The van der Waals surface area contributed by atoms with Crippen LogP contribution in [0.4, 0.5) is 15.9 Å². The minimum absolute atomic E-state index is 0.173. The molecule has 0 atom stereocenters. The average Bonchev–Trinajstić information content (AvgIpc) is 3.46. The number of pyridine rings is 1. The van der Waals surface area contributed by atoms with Gasteiger partial charge in [-0.15, -0.1) is 0 Å². The third-order valence-corrected chi connectivity index (χ3v) is 6.50. The first kappa shape index (κ1) is 24.3. The Bertz CT molecular complexity index is 1370. The number of nitrogens with zero attached hydrogens (tertiary/aromatic N) is 5. The van der Waals surface area contributed by atoms with Crippen LogP contribution in [0.5, 0.6) is 5.75 Å². The van der Waals surface area contributed by atoms with Gasteiger partial charge in [0.05, 0.1) is 30.6 Å². The van der Waals surface area contributed by atoms with E-state index in [2.05, 4.69) is 10.1 Å². The van der Waals surface area contributed by atoms with Gasteiger partial charge in [0.15, 0.2) is 0 Å². The van der Waals surface area contributed by atoms with Crippen molar-refractivity contribution in [2.24, 2.45) is 0 Å². The number of methoxy groups -OCH3 is 1. The highest BCUT2D eigenvalue weighted by Crippen LogP contribution is 2.32. The number of ether oxygens (including phenoxy) is 1. The van der Waals surface area contributed by atoms with Gasteiger partial charge in [-0.05, 0) is 36.4 Å². The molecule has 5 rings (SSSR count). The molecule has 0 aliphatic carbocycles. The van der Waals surface area contributed by atoms with Gasteiger partial charge in [-0.3, -0.25) is 4.79 Å². The van der Waals surface area contributed by atoms with Crippen LogP contribution in [0.3, 0.4) is 0 Å². The molecule has 1 amide bonds. The fraction of sp³-hybridized carbons (Fsp3) is 0.250. The van der Waals surface area contributed by atoms with Crippen molar-refractivity contribution in [3.63, 3.8) is 0 Å². The minimum Gasteiger partial charge on any atom is -0.496 e. The summed E-state index contributed by atoms with van der Waals surface area (Å²) in [4.78, 5) is 24.2. The smallest absolute Gasteiger partial charge is 0.257 e. The van der Waals surface area contributed by atoms with Gasteiger partial charge in [-0.1, -0.05) is 29.4 Å². The Balaban J connectivity index is 1.46. The summed E-state index contributed by atoms with van der Waals surface area (Å²) in [5.41, 5.74) is 3.28. The number of carbonyl (C=O) groups is 1. The highest BCUT2D eigenvalue weighted by molar-refractivity contribution is 5.99. The Labute approximate surface area is 214 Å². The van der Waals surface area contributed by atoms with E-state index >= 15 is 0 Å². The van der Waals surface area contributed by atoms with Gasteiger partial charge in [0.25, 0.3) is 5.91 Å². The Morgan fingerprint density at radius 3 is 2.46 bits per heavy atom. The van der Waals surface area contributed by atoms with E-state index in [0.29, 0.717) is 66.9 Å². The van der Waals surface area contributed by atoms with Crippen LogP contribution >= 0.6 is 0 Å².